The maximum Gasteiger partial charge on any atom is 0.0779 e. The molecule has 1 aliphatic carbocycles. The molecule has 1 saturated heterocycles. The molecular weight excluding hydrogens is 316 g/mol. The van der Waals surface area contributed by atoms with Gasteiger partial charge in [0.15, 0.2) is 0 Å². The van der Waals surface area contributed by atoms with Crippen LogP contribution in [0.25, 0.3) is 0 Å². The number of fused-ring (bicyclic) bond motifs is 1. The molecule has 0 bridgehead atoms. The van der Waals surface area contributed by atoms with Crippen molar-refractivity contribution in [3.05, 3.63) is 28.2 Å². The van der Waals surface area contributed by atoms with Gasteiger partial charge in [0.05, 0.1) is 18.8 Å². The van der Waals surface area contributed by atoms with Crippen molar-refractivity contribution in [3.63, 3.8) is 0 Å². The molecule has 3 nitrogen and oxygen atoms in total. The summed E-state index contributed by atoms with van der Waals surface area (Å²) in [6.45, 7) is 5.96. The van der Waals surface area contributed by atoms with Gasteiger partial charge in [-0.2, -0.15) is 0 Å². The van der Waals surface area contributed by atoms with Gasteiger partial charge in [0.2, 0.25) is 0 Å². The largest absolute Gasteiger partial charge is 0.374 e. The zero-order valence-corrected chi connectivity index (χ0v) is 13.7. The van der Waals surface area contributed by atoms with Crippen molar-refractivity contribution < 1.29 is 4.74 Å². The Kier molecular flexibility index (Phi) is 4.64. The molecule has 2 unspecified atom stereocenters. The summed E-state index contributed by atoms with van der Waals surface area (Å²) in [5.74, 6) is 0. The van der Waals surface area contributed by atoms with Crippen LogP contribution in [0, 0.1) is 0 Å². The van der Waals surface area contributed by atoms with Gasteiger partial charge in [-0.05, 0) is 49.6 Å². The van der Waals surface area contributed by atoms with Gasteiger partial charge >= 0.3 is 0 Å². The van der Waals surface area contributed by atoms with Gasteiger partial charge in [-0.1, -0.05) is 22.9 Å². The van der Waals surface area contributed by atoms with Gasteiger partial charge in [0.25, 0.3) is 0 Å². The molecule has 0 spiro atoms. The standard InChI is InChI=1S/C16H23BrN2O/c1-2-18-11-12-10-13(17)6-7-14(12)19-8-9-20-16-5-3-4-15(16)19/h6-7,10,15-16,18H,2-5,8-9,11H2,1H3. The quantitative estimate of drug-likeness (QED) is 0.911. The predicted molar refractivity (Wildman–Crippen MR) is 86.2 cm³/mol. The van der Waals surface area contributed by atoms with Gasteiger partial charge in [-0.15, -0.1) is 0 Å². The van der Waals surface area contributed by atoms with Crippen LogP contribution in [0.5, 0.6) is 0 Å². The van der Waals surface area contributed by atoms with Crippen LogP contribution in [0.4, 0.5) is 5.69 Å². The number of morpholine rings is 1. The van der Waals surface area contributed by atoms with Crippen LogP contribution >= 0.6 is 15.9 Å². The van der Waals surface area contributed by atoms with E-state index in [4.69, 9.17) is 4.74 Å². The van der Waals surface area contributed by atoms with E-state index in [1.807, 2.05) is 0 Å². The summed E-state index contributed by atoms with van der Waals surface area (Å²) < 4.78 is 7.09. The molecule has 3 rings (SSSR count). The molecule has 1 aliphatic heterocycles. The first-order chi connectivity index (χ1) is 9.79. The first kappa shape index (κ1) is 14.4. The number of rotatable bonds is 4. The minimum absolute atomic E-state index is 0.444. The fraction of sp³-hybridized carbons (Fsp3) is 0.625. The molecule has 2 atom stereocenters. The summed E-state index contributed by atoms with van der Waals surface area (Å²) in [7, 11) is 0. The normalized spacial score (nSPS) is 25.8. The first-order valence-electron chi connectivity index (χ1n) is 7.67. The van der Waals surface area contributed by atoms with Gasteiger partial charge in [0.1, 0.15) is 0 Å². The van der Waals surface area contributed by atoms with Gasteiger partial charge in [-0.25, -0.2) is 0 Å². The number of hydrogen-bond acceptors (Lipinski definition) is 3. The van der Waals surface area contributed by atoms with Crippen LogP contribution in [0.3, 0.4) is 0 Å². The molecule has 2 aliphatic rings. The minimum Gasteiger partial charge on any atom is -0.374 e. The Bertz CT molecular complexity index is 466. The second-order valence-electron chi connectivity index (χ2n) is 5.65. The highest BCUT2D eigenvalue weighted by molar-refractivity contribution is 9.10. The van der Waals surface area contributed by atoms with Crippen molar-refractivity contribution in [1.82, 2.24) is 5.32 Å². The predicted octanol–water partition coefficient (Wildman–Crippen LogP) is 3.32. The number of ether oxygens (including phenoxy) is 1. The van der Waals surface area contributed by atoms with Crippen molar-refractivity contribution in [1.29, 1.82) is 0 Å². The minimum atomic E-state index is 0.444. The third kappa shape index (κ3) is 2.87. The third-order valence-electron chi connectivity index (χ3n) is 4.40. The molecule has 2 fully saturated rings. The Morgan fingerprint density at radius 2 is 2.30 bits per heavy atom. The molecule has 110 valence electrons. The number of hydrogen-bond donors (Lipinski definition) is 1. The van der Waals surface area contributed by atoms with E-state index in [1.165, 1.54) is 30.5 Å². The average Bonchev–Trinajstić information content (AvgIpc) is 2.94. The Labute approximate surface area is 129 Å². The molecule has 1 heterocycles. The second kappa shape index (κ2) is 6.46. The molecule has 4 heteroatoms. The lowest BCUT2D eigenvalue weighted by atomic mass is 10.1. The molecule has 0 radical (unpaired) electrons. The number of anilines is 1. The van der Waals surface area contributed by atoms with E-state index >= 15 is 0 Å². The van der Waals surface area contributed by atoms with Crippen LogP contribution < -0.4 is 10.2 Å². The van der Waals surface area contributed by atoms with E-state index in [-0.39, 0.29) is 0 Å². The lowest BCUT2D eigenvalue weighted by Crippen LogP contribution is -2.49. The van der Waals surface area contributed by atoms with Crippen molar-refractivity contribution in [2.24, 2.45) is 0 Å². The Morgan fingerprint density at radius 1 is 1.40 bits per heavy atom. The van der Waals surface area contributed by atoms with Gasteiger partial charge in [-0.3, -0.25) is 0 Å². The topological polar surface area (TPSA) is 24.5 Å². The third-order valence-corrected chi connectivity index (χ3v) is 4.89. The summed E-state index contributed by atoms with van der Waals surface area (Å²) in [5.41, 5.74) is 2.77. The molecule has 1 saturated carbocycles. The van der Waals surface area contributed by atoms with Crippen molar-refractivity contribution >= 4 is 21.6 Å². The van der Waals surface area contributed by atoms with Crippen LogP contribution in [0.15, 0.2) is 22.7 Å². The Morgan fingerprint density at radius 3 is 3.15 bits per heavy atom. The van der Waals surface area contributed by atoms with E-state index in [9.17, 15) is 0 Å². The smallest absolute Gasteiger partial charge is 0.0779 e. The zero-order valence-electron chi connectivity index (χ0n) is 12.1. The molecule has 0 aromatic heterocycles. The number of halogens is 1. The van der Waals surface area contributed by atoms with E-state index in [0.29, 0.717) is 12.1 Å². The summed E-state index contributed by atoms with van der Waals surface area (Å²) in [6, 6.07) is 7.24. The lowest BCUT2D eigenvalue weighted by molar-refractivity contribution is 0.0256. The molecule has 0 amide bonds. The van der Waals surface area contributed by atoms with E-state index in [0.717, 1.165) is 30.7 Å². The number of nitrogens with one attached hydrogen (secondary N) is 1. The second-order valence-corrected chi connectivity index (χ2v) is 6.57. The highest BCUT2D eigenvalue weighted by atomic mass is 79.9. The van der Waals surface area contributed by atoms with E-state index in [2.05, 4.69) is 51.3 Å². The van der Waals surface area contributed by atoms with Crippen LogP contribution in [-0.2, 0) is 11.3 Å². The van der Waals surface area contributed by atoms with E-state index < -0.39 is 0 Å². The zero-order chi connectivity index (χ0) is 13.9. The molecule has 20 heavy (non-hydrogen) atoms. The monoisotopic (exact) mass is 338 g/mol. The fourth-order valence-corrected chi connectivity index (χ4v) is 3.87. The summed E-state index contributed by atoms with van der Waals surface area (Å²) >= 11 is 3.60. The molecule has 1 aromatic rings. The Balaban J connectivity index is 1.87. The Hall–Kier alpha value is -0.580. The fourth-order valence-electron chi connectivity index (χ4n) is 3.46. The van der Waals surface area contributed by atoms with Crippen molar-refractivity contribution in [2.75, 3.05) is 24.6 Å². The van der Waals surface area contributed by atoms with Crippen LogP contribution in [0.2, 0.25) is 0 Å². The van der Waals surface area contributed by atoms with E-state index in [1.54, 1.807) is 0 Å². The number of nitrogens with zero attached hydrogens (tertiary/aromatic N) is 1. The summed E-state index contributed by atoms with van der Waals surface area (Å²) in [5, 5.41) is 3.45. The highest BCUT2D eigenvalue weighted by Crippen LogP contribution is 2.35. The van der Waals surface area contributed by atoms with Gasteiger partial charge in [0, 0.05) is 23.2 Å². The SMILES string of the molecule is CCNCc1cc(Br)ccc1N1CCOC2CCCC21. The first-order valence-corrected chi connectivity index (χ1v) is 8.46. The molecule has 1 aromatic carbocycles. The molecule has 1 N–H and O–H groups in total. The average molecular weight is 339 g/mol. The maximum atomic E-state index is 5.93. The molecular formula is C16H23BrN2O. The lowest BCUT2D eigenvalue weighted by Gasteiger charge is -2.40. The van der Waals surface area contributed by atoms with Crippen LogP contribution in [-0.4, -0.2) is 31.8 Å². The van der Waals surface area contributed by atoms with Crippen LogP contribution in [0.1, 0.15) is 31.7 Å². The highest BCUT2D eigenvalue weighted by Gasteiger charge is 2.36. The summed E-state index contributed by atoms with van der Waals surface area (Å²) in [6.07, 6.45) is 4.23. The van der Waals surface area contributed by atoms with Crippen molar-refractivity contribution in [3.8, 4) is 0 Å². The van der Waals surface area contributed by atoms with Crippen molar-refractivity contribution in [2.45, 2.75) is 44.9 Å². The number of benzene rings is 1. The van der Waals surface area contributed by atoms with Gasteiger partial charge < -0.3 is 15.0 Å². The summed E-state index contributed by atoms with van der Waals surface area (Å²) in [4.78, 5) is 2.58. The maximum absolute atomic E-state index is 5.93.